The Morgan fingerprint density at radius 2 is 2.19 bits per heavy atom. The molecule has 1 unspecified atom stereocenters. The molecule has 0 radical (unpaired) electrons. The number of ether oxygens (including phenoxy) is 1. The number of methoxy groups -OCH3 is 1. The minimum Gasteiger partial charge on any atom is -0.469 e. The zero-order valence-corrected chi connectivity index (χ0v) is 11.8. The van der Waals surface area contributed by atoms with Crippen LogP contribution in [0.2, 0.25) is 0 Å². The Morgan fingerprint density at radius 1 is 1.48 bits per heavy atom. The second-order valence-electron chi connectivity index (χ2n) is 5.23. The van der Waals surface area contributed by atoms with Gasteiger partial charge in [-0.2, -0.15) is 5.26 Å². The summed E-state index contributed by atoms with van der Waals surface area (Å²) in [7, 11) is 2.97. The third-order valence-electron chi connectivity index (χ3n) is 4.44. The first-order valence-corrected chi connectivity index (χ1v) is 6.65. The molecule has 1 heterocycles. The van der Waals surface area contributed by atoms with Crippen molar-refractivity contribution in [3.63, 3.8) is 0 Å². The number of nitriles is 1. The zero-order chi connectivity index (χ0) is 15.2. The predicted octanol–water partition coefficient (Wildman–Crippen LogP) is 1.54. The van der Waals surface area contributed by atoms with Gasteiger partial charge in [0.05, 0.1) is 19.1 Å². The quantitative estimate of drug-likeness (QED) is 0.733. The van der Waals surface area contributed by atoms with Crippen LogP contribution in [0.25, 0.3) is 0 Å². The molecular weight excluding hydrogens is 268 g/mol. The maximum Gasteiger partial charge on any atom is 0.310 e. The van der Waals surface area contributed by atoms with Crippen LogP contribution in [0.15, 0.2) is 35.9 Å². The lowest BCUT2D eigenvalue weighted by atomic mass is 9.69. The van der Waals surface area contributed by atoms with Gasteiger partial charge < -0.3 is 9.64 Å². The average Bonchev–Trinajstić information content (AvgIpc) is 3.01. The minimum absolute atomic E-state index is 0.246. The number of amides is 1. The number of anilines is 1. The summed E-state index contributed by atoms with van der Waals surface area (Å²) in [6.45, 7) is 0. The third kappa shape index (κ3) is 1.44. The lowest BCUT2D eigenvalue weighted by Crippen LogP contribution is -2.46. The molecule has 0 saturated heterocycles. The molecule has 1 aliphatic carbocycles. The van der Waals surface area contributed by atoms with E-state index in [1.807, 2.05) is 24.3 Å². The molecule has 1 aromatic carbocycles. The summed E-state index contributed by atoms with van der Waals surface area (Å²) in [6.07, 6.45) is 2.01. The van der Waals surface area contributed by atoms with Gasteiger partial charge in [0.15, 0.2) is 0 Å². The van der Waals surface area contributed by atoms with Crippen LogP contribution in [-0.2, 0) is 19.7 Å². The number of nitrogens with zero attached hydrogens (tertiary/aromatic N) is 2. The van der Waals surface area contributed by atoms with Gasteiger partial charge in [-0.15, -0.1) is 0 Å². The number of esters is 1. The summed E-state index contributed by atoms with van der Waals surface area (Å²) in [6, 6.07) is 9.38. The van der Waals surface area contributed by atoms with Crippen molar-refractivity contribution in [2.75, 3.05) is 19.1 Å². The summed E-state index contributed by atoms with van der Waals surface area (Å²) in [4.78, 5) is 26.6. The van der Waals surface area contributed by atoms with Crippen LogP contribution in [0, 0.1) is 17.2 Å². The number of rotatable bonds is 1. The van der Waals surface area contributed by atoms with Gasteiger partial charge in [0.1, 0.15) is 5.41 Å². The van der Waals surface area contributed by atoms with E-state index in [1.165, 1.54) is 12.0 Å². The summed E-state index contributed by atoms with van der Waals surface area (Å²) in [5.74, 6) is -1.39. The van der Waals surface area contributed by atoms with Crippen molar-refractivity contribution in [3.8, 4) is 6.07 Å². The number of carbonyl (C=O) groups is 2. The van der Waals surface area contributed by atoms with Gasteiger partial charge in [0.2, 0.25) is 5.91 Å². The standard InChI is InChI=1S/C16H14N2O3/c1-18-13-6-4-3-5-11(13)16(15(18)20)10(9-17)7-8-12(16)14(19)21-2/h3-7,12H,8H2,1-2H3/t12?,16-/m1/s1. The number of fused-ring (bicyclic) bond motifs is 2. The fraction of sp³-hybridized carbons (Fsp3) is 0.312. The highest BCUT2D eigenvalue weighted by Gasteiger charge is 2.61. The van der Waals surface area contributed by atoms with E-state index in [2.05, 4.69) is 6.07 Å². The van der Waals surface area contributed by atoms with Crippen LogP contribution in [-0.4, -0.2) is 26.0 Å². The lowest BCUT2D eigenvalue weighted by Gasteiger charge is -2.29. The fourth-order valence-electron chi connectivity index (χ4n) is 3.50. The molecule has 0 saturated carbocycles. The predicted molar refractivity (Wildman–Crippen MR) is 75.3 cm³/mol. The van der Waals surface area contributed by atoms with Gasteiger partial charge in [0.25, 0.3) is 0 Å². The molecular formula is C16H14N2O3. The van der Waals surface area contributed by atoms with Crippen molar-refractivity contribution in [3.05, 3.63) is 41.5 Å². The summed E-state index contributed by atoms with van der Waals surface area (Å²) in [5.41, 5.74) is 0.546. The van der Waals surface area contributed by atoms with Crippen molar-refractivity contribution in [1.29, 1.82) is 5.26 Å². The zero-order valence-electron chi connectivity index (χ0n) is 11.8. The van der Waals surface area contributed by atoms with Crippen LogP contribution in [0.3, 0.4) is 0 Å². The van der Waals surface area contributed by atoms with E-state index in [4.69, 9.17) is 4.74 Å². The first-order valence-electron chi connectivity index (χ1n) is 6.65. The molecule has 0 fully saturated rings. The molecule has 1 aromatic rings. The molecule has 1 aliphatic heterocycles. The van der Waals surface area contributed by atoms with Crippen LogP contribution < -0.4 is 4.90 Å². The number of para-hydroxylation sites is 1. The third-order valence-corrected chi connectivity index (χ3v) is 4.44. The van der Waals surface area contributed by atoms with Crippen molar-refractivity contribution in [1.82, 2.24) is 0 Å². The van der Waals surface area contributed by atoms with E-state index in [1.54, 1.807) is 13.1 Å². The van der Waals surface area contributed by atoms with E-state index in [-0.39, 0.29) is 5.91 Å². The Balaban J connectivity index is 2.30. The van der Waals surface area contributed by atoms with Gasteiger partial charge in [-0.1, -0.05) is 24.3 Å². The first-order chi connectivity index (χ1) is 10.1. The lowest BCUT2D eigenvalue weighted by molar-refractivity contribution is -0.149. The molecule has 1 spiro atoms. The molecule has 2 atom stereocenters. The van der Waals surface area contributed by atoms with Gasteiger partial charge >= 0.3 is 5.97 Å². The van der Waals surface area contributed by atoms with Gasteiger partial charge in [-0.3, -0.25) is 9.59 Å². The van der Waals surface area contributed by atoms with Crippen molar-refractivity contribution < 1.29 is 14.3 Å². The fourth-order valence-corrected chi connectivity index (χ4v) is 3.50. The Kier molecular flexibility index (Phi) is 2.84. The number of carbonyl (C=O) groups excluding carboxylic acids is 2. The number of hydrogen-bond acceptors (Lipinski definition) is 4. The average molecular weight is 282 g/mol. The van der Waals surface area contributed by atoms with Crippen molar-refractivity contribution in [2.24, 2.45) is 5.92 Å². The van der Waals surface area contributed by atoms with Gasteiger partial charge in [-0.25, -0.2) is 0 Å². The second-order valence-corrected chi connectivity index (χ2v) is 5.23. The molecule has 5 nitrogen and oxygen atoms in total. The first kappa shape index (κ1) is 13.4. The largest absolute Gasteiger partial charge is 0.469 e. The smallest absolute Gasteiger partial charge is 0.310 e. The molecule has 0 bridgehead atoms. The number of likely N-dealkylation sites (N-methyl/N-ethyl adjacent to an activating group) is 1. The maximum atomic E-state index is 12.9. The highest BCUT2D eigenvalue weighted by atomic mass is 16.5. The van der Waals surface area contributed by atoms with Crippen LogP contribution in [0.4, 0.5) is 5.69 Å². The van der Waals surface area contributed by atoms with Gasteiger partial charge in [0, 0.05) is 18.3 Å². The molecule has 5 heteroatoms. The molecule has 0 aromatic heterocycles. The molecule has 21 heavy (non-hydrogen) atoms. The Hall–Kier alpha value is -2.61. The normalized spacial score (nSPS) is 26.5. The number of benzene rings is 1. The van der Waals surface area contributed by atoms with E-state index in [0.29, 0.717) is 17.6 Å². The highest BCUT2D eigenvalue weighted by Crippen LogP contribution is 2.54. The Morgan fingerprint density at radius 3 is 2.86 bits per heavy atom. The van der Waals surface area contributed by atoms with E-state index in [9.17, 15) is 14.9 Å². The molecule has 1 amide bonds. The Labute approximate surface area is 122 Å². The van der Waals surface area contributed by atoms with Crippen LogP contribution in [0.1, 0.15) is 12.0 Å². The Bertz CT molecular complexity index is 716. The molecule has 106 valence electrons. The van der Waals surface area contributed by atoms with Crippen LogP contribution >= 0.6 is 0 Å². The van der Waals surface area contributed by atoms with Crippen LogP contribution in [0.5, 0.6) is 0 Å². The molecule has 0 N–H and O–H groups in total. The monoisotopic (exact) mass is 282 g/mol. The van der Waals surface area contributed by atoms with E-state index in [0.717, 1.165) is 5.69 Å². The van der Waals surface area contributed by atoms with Crippen molar-refractivity contribution in [2.45, 2.75) is 11.8 Å². The van der Waals surface area contributed by atoms with Gasteiger partial charge in [-0.05, 0) is 18.1 Å². The SMILES string of the molecule is COC(=O)C1CC=C(C#N)[C@]12C(=O)N(C)c1ccccc12. The summed E-state index contributed by atoms with van der Waals surface area (Å²) < 4.78 is 4.86. The number of hydrogen-bond donors (Lipinski definition) is 0. The molecule has 2 aliphatic rings. The van der Waals surface area contributed by atoms with E-state index >= 15 is 0 Å². The minimum atomic E-state index is -1.23. The van der Waals surface area contributed by atoms with Crippen molar-refractivity contribution >= 4 is 17.6 Å². The second kappa shape index (κ2) is 4.45. The summed E-state index contributed by atoms with van der Waals surface area (Å²) >= 11 is 0. The topological polar surface area (TPSA) is 70.4 Å². The molecule has 3 rings (SSSR count). The van der Waals surface area contributed by atoms with E-state index < -0.39 is 17.3 Å². The highest BCUT2D eigenvalue weighted by molar-refractivity contribution is 6.13. The summed E-state index contributed by atoms with van der Waals surface area (Å²) in [5, 5.41) is 9.45. The maximum absolute atomic E-state index is 12.9. The number of allylic oxidation sites excluding steroid dienone is 1.